The number of carbonyl (C=O) groups is 7. The molecule has 8 atom stereocenters. The molecule has 0 radical (unpaired) electrons. The Morgan fingerprint density at radius 2 is 1.46 bits per heavy atom. The van der Waals surface area contributed by atoms with Crippen LogP contribution in [0.2, 0.25) is 0 Å². The van der Waals surface area contributed by atoms with Crippen LogP contribution < -0.4 is 16.0 Å². The number of alkyl carbamates (subject to hydrolysis) is 1. The number of piperidine rings is 2. The van der Waals surface area contributed by atoms with Crippen LogP contribution in [0, 0.1) is 17.6 Å². The molecule has 56 heavy (non-hydrogen) atoms. The molecule has 4 fully saturated rings. The number of hydrogen-bond donors (Lipinski definition) is 3. The highest BCUT2D eigenvalue weighted by Gasteiger charge is 2.47. The first-order valence-corrected chi connectivity index (χ1v) is 19.5. The molecule has 0 unspecified atom stereocenters. The minimum Gasteiger partial charge on any atom is -0.458 e. The smallest absolute Gasteiger partial charge is 0.408 e. The molecule has 3 N–H and O–H groups in total. The van der Waals surface area contributed by atoms with Crippen molar-refractivity contribution in [3.8, 4) is 0 Å². The van der Waals surface area contributed by atoms with Gasteiger partial charge in [0.2, 0.25) is 29.5 Å². The highest BCUT2D eigenvalue weighted by atomic mass is 19.1. The number of esters is 1. The van der Waals surface area contributed by atoms with Crippen LogP contribution in [0.4, 0.5) is 13.6 Å². The predicted octanol–water partition coefficient (Wildman–Crippen LogP) is 2.33. The van der Waals surface area contributed by atoms with E-state index in [1.165, 1.54) is 28.5 Å². The van der Waals surface area contributed by atoms with Crippen LogP contribution in [0.1, 0.15) is 92.1 Å². The van der Waals surface area contributed by atoms with Gasteiger partial charge in [-0.2, -0.15) is 0 Å². The molecule has 17 heteroatoms. The van der Waals surface area contributed by atoms with Crippen molar-refractivity contribution in [2.45, 2.75) is 141 Å². The first-order valence-electron chi connectivity index (χ1n) is 19.5. The second-order valence-electron chi connectivity index (χ2n) is 16.5. The van der Waals surface area contributed by atoms with Crippen LogP contribution in [-0.4, -0.2) is 124 Å². The number of nitrogens with one attached hydrogen (secondary N) is 3. The zero-order valence-electron chi connectivity index (χ0n) is 32.9. The molecule has 4 saturated heterocycles. The van der Waals surface area contributed by atoms with E-state index < -0.39 is 108 Å². The molecule has 1 aromatic carbocycles. The second kappa shape index (κ2) is 17.5. The number of amides is 6. The molecule has 308 valence electrons. The van der Waals surface area contributed by atoms with E-state index in [9.17, 15) is 42.3 Å². The summed E-state index contributed by atoms with van der Waals surface area (Å²) in [5.41, 5.74) is -0.967. The first-order chi connectivity index (χ1) is 26.3. The van der Waals surface area contributed by atoms with Gasteiger partial charge in [-0.25, -0.2) is 18.4 Å². The summed E-state index contributed by atoms with van der Waals surface area (Å²) in [6, 6.07) is -4.50. The third-order valence-corrected chi connectivity index (χ3v) is 10.7. The summed E-state index contributed by atoms with van der Waals surface area (Å²) < 4.78 is 39.7. The quantitative estimate of drug-likeness (QED) is 0.377. The first kappa shape index (κ1) is 42.3. The van der Waals surface area contributed by atoms with Gasteiger partial charge in [0.25, 0.3) is 0 Å². The maximum absolute atomic E-state index is 14.7. The Kier molecular flexibility index (Phi) is 13.3. The fraction of sp³-hybridized carbons (Fsp3) is 0.667. The Bertz CT molecular complexity index is 1680. The predicted molar refractivity (Wildman–Crippen MR) is 196 cm³/mol. The third-order valence-electron chi connectivity index (χ3n) is 10.7. The Morgan fingerprint density at radius 3 is 2.09 bits per heavy atom. The van der Waals surface area contributed by atoms with Crippen molar-refractivity contribution in [3.05, 3.63) is 35.4 Å². The molecular weight excluding hydrogens is 734 g/mol. The Balaban J connectivity index is 1.53. The zero-order chi connectivity index (χ0) is 41.1. The molecule has 6 amide bonds. The molecule has 0 aliphatic carbocycles. The minimum atomic E-state index is -1.62. The number of ether oxygens (including phenoxy) is 2. The van der Waals surface area contributed by atoms with Crippen molar-refractivity contribution < 1.29 is 51.8 Å². The molecule has 0 saturated carbocycles. The van der Waals surface area contributed by atoms with Gasteiger partial charge >= 0.3 is 12.1 Å². The molecule has 15 nitrogen and oxygen atoms in total. The Morgan fingerprint density at radius 1 is 0.857 bits per heavy atom. The maximum atomic E-state index is 14.7. The summed E-state index contributed by atoms with van der Waals surface area (Å²) in [6.07, 6.45) is 0.471. The van der Waals surface area contributed by atoms with E-state index >= 15 is 0 Å². The van der Waals surface area contributed by atoms with Gasteiger partial charge in [-0.05, 0) is 103 Å². The average molecular weight is 789 g/mol. The maximum Gasteiger partial charge on any atom is 0.408 e. The summed E-state index contributed by atoms with van der Waals surface area (Å²) in [5.74, 6) is -5.97. The SMILES string of the molecule is C[C@H]1C[C@H]2C(=O)O[C@@H](C)[C@H](NC(=O)[C@H](Cc3cc(F)cc(F)c3)NC(=O)OC(C)(C)C)C(=O)N3CCCC[C@H]3C(=O)N3CCCC[C@H]3C(=O)N[C@@H](C)C(=O)N2C1. The van der Waals surface area contributed by atoms with Crippen molar-refractivity contribution in [2.24, 2.45) is 5.92 Å². The van der Waals surface area contributed by atoms with E-state index in [4.69, 9.17) is 9.47 Å². The summed E-state index contributed by atoms with van der Waals surface area (Å²) in [4.78, 5) is 102. The molecule has 4 aliphatic heterocycles. The van der Waals surface area contributed by atoms with Crippen LogP contribution in [0.3, 0.4) is 0 Å². The van der Waals surface area contributed by atoms with E-state index in [2.05, 4.69) is 16.0 Å². The lowest BCUT2D eigenvalue weighted by atomic mass is 9.95. The minimum absolute atomic E-state index is 0.0126. The summed E-state index contributed by atoms with van der Waals surface area (Å²) >= 11 is 0. The van der Waals surface area contributed by atoms with Crippen molar-refractivity contribution in [1.29, 1.82) is 0 Å². The van der Waals surface area contributed by atoms with Crippen LogP contribution in [0.15, 0.2) is 18.2 Å². The van der Waals surface area contributed by atoms with Crippen molar-refractivity contribution >= 4 is 41.6 Å². The lowest BCUT2D eigenvalue weighted by Gasteiger charge is -2.43. The molecule has 0 spiro atoms. The van der Waals surface area contributed by atoms with Gasteiger partial charge in [0.05, 0.1) is 0 Å². The van der Waals surface area contributed by atoms with Crippen molar-refractivity contribution in [3.63, 3.8) is 0 Å². The van der Waals surface area contributed by atoms with E-state index in [0.717, 1.165) is 12.1 Å². The molecule has 0 aromatic heterocycles. The number of carbonyl (C=O) groups excluding carboxylic acids is 7. The number of hydrogen-bond acceptors (Lipinski definition) is 9. The molecular formula is C39H54F2N6O9. The monoisotopic (exact) mass is 788 g/mol. The van der Waals surface area contributed by atoms with Crippen molar-refractivity contribution in [2.75, 3.05) is 19.6 Å². The molecule has 5 rings (SSSR count). The lowest BCUT2D eigenvalue weighted by Crippen LogP contribution is -2.65. The van der Waals surface area contributed by atoms with Gasteiger partial charge in [0, 0.05) is 32.1 Å². The van der Waals surface area contributed by atoms with Gasteiger partial charge in [-0.1, -0.05) is 6.92 Å². The van der Waals surface area contributed by atoms with Crippen LogP contribution in [-0.2, 0) is 44.7 Å². The highest BCUT2D eigenvalue weighted by molar-refractivity contribution is 5.97. The van der Waals surface area contributed by atoms with Gasteiger partial charge in [0.15, 0.2) is 0 Å². The number of benzene rings is 1. The topological polar surface area (TPSA) is 184 Å². The van der Waals surface area contributed by atoms with E-state index in [1.54, 1.807) is 20.8 Å². The number of halogens is 2. The van der Waals surface area contributed by atoms with Crippen LogP contribution in [0.25, 0.3) is 0 Å². The second-order valence-corrected chi connectivity index (χ2v) is 16.5. The average Bonchev–Trinajstić information content (AvgIpc) is 3.52. The Labute approximate surface area is 325 Å². The van der Waals surface area contributed by atoms with Gasteiger partial charge < -0.3 is 40.1 Å². The highest BCUT2D eigenvalue weighted by Crippen LogP contribution is 2.28. The largest absolute Gasteiger partial charge is 0.458 e. The summed E-state index contributed by atoms with van der Waals surface area (Å²) in [7, 11) is 0. The van der Waals surface area contributed by atoms with E-state index in [-0.39, 0.29) is 44.0 Å². The molecule has 4 aliphatic rings. The molecule has 1 aromatic rings. The fourth-order valence-electron chi connectivity index (χ4n) is 8.01. The normalized spacial score (nSPS) is 28.7. The molecule has 4 heterocycles. The van der Waals surface area contributed by atoms with Crippen LogP contribution >= 0.6 is 0 Å². The van der Waals surface area contributed by atoms with Crippen LogP contribution in [0.5, 0.6) is 0 Å². The van der Waals surface area contributed by atoms with Gasteiger partial charge in [0.1, 0.15) is 59.6 Å². The zero-order valence-corrected chi connectivity index (χ0v) is 32.9. The third kappa shape index (κ3) is 10.1. The number of cyclic esters (lactones) is 1. The van der Waals surface area contributed by atoms with E-state index in [1.807, 2.05) is 6.92 Å². The van der Waals surface area contributed by atoms with E-state index in [0.29, 0.717) is 38.2 Å². The standard InChI is InChI=1S/C39H54F2N6O9/c1-21-15-30-37(53)55-23(3)31(44-32(48)27(43-38(54)56-39(4,5)6)18-24-16-25(40)19-26(41)17-24)36(52)46-14-10-8-12-29(46)35(51)45-13-9-7-11-28(45)33(49)42-22(2)34(50)47(30)20-21/h16-17,19,21-23,27-31H,7-15,18,20H2,1-6H3,(H,42,49)(H,43,54)(H,44,48)/t21-,22-,23-,27-,28-,29-,30-,31-/m0/s1. The van der Waals surface area contributed by atoms with Gasteiger partial charge in [-0.3, -0.25) is 24.0 Å². The number of rotatable bonds is 5. The van der Waals surface area contributed by atoms with Gasteiger partial charge in [-0.15, -0.1) is 0 Å². The van der Waals surface area contributed by atoms with Crippen molar-refractivity contribution in [1.82, 2.24) is 30.7 Å². The number of nitrogens with zero attached hydrogens (tertiary/aromatic N) is 3. The summed E-state index contributed by atoms with van der Waals surface area (Å²) in [5, 5.41) is 7.82. The number of fused-ring (bicyclic) bond motifs is 3. The fourth-order valence-corrected chi connectivity index (χ4v) is 8.01. The molecule has 0 bridgehead atoms. The Hall–Kier alpha value is -4.83. The summed E-state index contributed by atoms with van der Waals surface area (Å²) in [6.45, 7) is 10.2. The lowest BCUT2D eigenvalue weighted by molar-refractivity contribution is -0.164.